The standard InChI is InChI=1S/C18H14N6S/c1-11-6-5-7-13(10-11)17-22-24-16(20-21-18(24)25-17)15-12(2)19-14-8-3-4-9-23(14)15/h3-10H,1-2H3. The summed E-state index contributed by atoms with van der Waals surface area (Å²) >= 11 is 1.54. The van der Waals surface area contributed by atoms with Gasteiger partial charge >= 0.3 is 0 Å². The Morgan fingerprint density at radius 1 is 1.00 bits per heavy atom. The molecule has 1 aromatic carbocycles. The maximum absolute atomic E-state index is 4.76. The molecule has 0 radical (unpaired) electrons. The van der Waals surface area contributed by atoms with Crippen LogP contribution < -0.4 is 0 Å². The first-order valence-corrected chi connectivity index (χ1v) is 8.76. The summed E-state index contributed by atoms with van der Waals surface area (Å²) in [5, 5.41) is 14.4. The topological polar surface area (TPSA) is 60.4 Å². The number of pyridine rings is 1. The van der Waals surface area contributed by atoms with E-state index in [0.29, 0.717) is 5.82 Å². The molecule has 5 rings (SSSR count). The fourth-order valence-electron chi connectivity index (χ4n) is 3.04. The first-order valence-electron chi connectivity index (χ1n) is 7.94. The van der Waals surface area contributed by atoms with Gasteiger partial charge in [0.25, 0.3) is 0 Å². The van der Waals surface area contributed by atoms with E-state index in [0.717, 1.165) is 32.6 Å². The van der Waals surface area contributed by atoms with Gasteiger partial charge in [0.05, 0.1) is 5.69 Å². The lowest BCUT2D eigenvalue weighted by Gasteiger charge is -2.00. The van der Waals surface area contributed by atoms with Crippen molar-refractivity contribution < 1.29 is 0 Å². The molecule has 0 saturated heterocycles. The van der Waals surface area contributed by atoms with Crippen LogP contribution in [0.5, 0.6) is 0 Å². The lowest BCUT2D eigenvalue weighted by Crippen LogP contribution is -1.96. The molecule has 0 aliphatic rings. The Morgan fingerprint density at radius 2 is 1.92 bits per heavy atom. The van der Waals surface area contributed by atoms with Crippen LogP contribution in [0.2, 0.25) is 0 Å². The molecule has 5 aromatic rings. The van der Waals surface area contributed by atoms with Crippen molar-refractivity contribution >= 4 is 21.9 Å². The Labute approximate surface area is 147 Å². The van der Waals surface area contributed by atoms with Crippen molar-refractivity contribution in [3.05, 3.63) is 59.9 Å². The third kappa shape index (κ3) is 2.16. The van der Waals surface area contributed by atoms with Gasteiger partial charge in [-0.05, 0) is 32.0 Å². The maximum Gasteiger partial charge on any atom is 0.235 e. The average molecular weight is 346 g/mol. The molecule has 7 heteroatoms. The first-order chi connectivity index (χ1) is 12.2. The zero-order valence-electron chi connectivity index (χ0n) is 13.7. The largest absolute Gasteiger partial charge is 0.297 e. The molecule has 122 valence electrons. The number of imidazole rings is 1. The van der Waals surface area contributed by atoms with Crippen LogP contribution in [-0.4, -0.2) is 29.2 Å². The number of benzene rings is 1. The van der Waals surface area contributed by atoms with Gasteiger partial charge in [-0.1, -0.05) is 41.2 Å². The first kappa shape index (κ1) is 14.3. The smallest absolute Gasteiger partial charge is 0.235 e. The van der Waals surface area contributed by atoms with Crippen LogP contribution in [0.4, 0.5) is 0 Å². The fraction of sp³-hybridized carbons (Fsp3) is 0.111. The van der Waals surface area contributed by atoms with Crippen LogP contribution in [-0.2, 0) is 0 Å². The second-order valence-electron chi connectivity index (χ2n) is 5.97. The third-order valence-electron chi connectivity index (χ3n) is 4.17. The summed E-state index contributed by atoms with van der Waals surface area (Å²) < 4.78 is 3.84. The van der Waals surface area contributed by atoms with Gasteiger partial charge in [0, 0.05) is 11.8 Å². The molecular weight excluding hydrogens is 332 g/mol. The third-order valence-corrected chi connectivity index (χ3v) is 5.12. The highest BCUT2D eigenvalue weighted by atomic mass is 32.1. The second kappa shape index (κ2) is 5.22. The molecule has 0 atom stereocenters. The van der Waals surface area contributed by atoms with Crippen LogP contribution in [0.1, 0.15) is 11.3 Å². The lowest BCUT2D eigenvalue weighted by molar-refractivity contribution is 0.954. The average Bonchev–Trinajstić information content (AvgIpc) is 3.26. The molecule has 0 aliphatic carbocycles. The number of rotatable bonds is 2. The van der Waals surface area contributed by atoms with Gasteiger partial charge in [-0.15, -0.1) is 10.2 Å². The summed E-state index contributed by atoms with van der Waals surface area (Å²) in [5.41, 5.74) is 5.02. The van der Waals surface area contributed by atoms with E-state index >= 15 is 0 Å². The zero-order valence-corrected chi connectivity index (χ0v) is 14.5. The molecule has 4 aromatic heterocycles. The van der Waals surface area contributed by atoms with Crippen LogP contribution in [0.3, 0.4) is 0 Å². The van der Waals surface area contributed by atoms with E-state index in [-0.39, 0.29) is 0 Å². The molecule has 0 spiro atoms. The number of nitrogens with zero attached hydrogens (tertiary/aromatic N) is 6. The highest BCUT2D eigenvalue weighted by Gasteiger charge is 2.19. The molecule has 0 amide bonds. The quantitative estimate of drug-likeness (QED) is 0.488. The number of hydrogen-bond acceptors (Lipinski definition) is 5. The number of aromatic nitrogens is 6. The Bertz CT molecular complexity index is 1230. The summed E-state index contributed by atoms with van der Waals surface area (Å²) in [6.45, 7) is 4.06. The van der Waals surface area contributed by atoms with Gasteiger partial charge in [0.1, 0.15) is 16.3 Å². The van der Waals surface area contributed by atoms with Gasteiger partial charge in [0.2, 0.25) is 10.8 Å². The van der Waals surface area contributed by atoms with E-state index in [2.05, 4.69) is 40.3 Å². The van der Waals surface area contributed by atoms with E-state index in [9.17, 15) is 0 Å². The van der Waals surface area contributed by atoms with Gasteiger partial charge < -0.3 is 0 Å². The number of aryl methyl sites for hydroxylation is 2. The number of hydrogen-bond donors (Lipinski definition) is 0. The van der Waals surface area contributed by atoms with Crippen LogP contribution in [0.15, 0.2) is 48.7 Å². The normalized spacial score (nSPS) is 11.6. The SMILES string of the molecule is Cc1cccc(-c2nn3c(-c4c(C)nc5ccccn45)nnc3s2)c1. The Kier molecular flexibility index (Phi) is 2.98. The molecular formula is C18H14N6S. The van der Waals surface area contributed by atoms with Crippen LogP contribution in [0, 0.1) is 13.8 Å². The van der Waals surface area contributed by atoms with Crippen molar-refractivity contribution in [3.8, 4) is 22.1 Å². The van der Waals surface area contributed by atoms with Crippen molar-refractivity contribution in [2.75, 3.05) is 0 Å². The minimum absolute atomic E-state index is 0.710. The summed E-state index contributed by atoms with van der Waals surface area (Å²) in [6.07, 6.45) is 1.99. The Morgan fingerprint density at radius 3 is 2.80 bits per heavy atom. The van der Waals surface area contributed by atoms with Gasteiger partial charge in [-0.25, -0.2) is 4.98 Å². The van der Waals surface area contributed by atoms with Crippen molar-refractivity contribution in [3.63, 3.8) is 0 Å². The minimum Gasteiger partial charge on any atom is -0.297 e. The zero-order chi connectivity index (χ0) is 17.0. The molecule has 6 nitrogen and oxygen atoms in total. The summed E-state index contributed by atoms with van der Waals surface area (Å²) in [6, 6.07) is 14.3. The van der Waals surface area contributed by atoms with Crippen molar-refractivity contribution in [1.82, 2.24) is 29.2 Å². The second-order valence-corrected chi connectivity index (χ2v) is 6.93. The monoisotopic (exact) mass is 346 g/mol. The van der Waals surface area contributed by atoms with Crippen LogP contribution >= 0.6 is 11.3 Å². The molecule has 25 heavy (non-hydrogen) atoms. The van der Waals surface area contributed by atoms with Gasteiger partial charge in [-0.3, -0.25) is 4.40 Å². The molecule has 0 unspecified atom stereocenters. The number of fused-ring (bicyclic) bond motifs is 2. The van der Waals surface area contributed by atoms with Crippen LogP contribution in [0.25, 0.3) is 32.7 Å². The minimum atomic E-state index is 0.710. The Balaban J connectivity index is 1.73. The van der Waals surface area contributed by atoms with Crippen molar-refractivity contribution in [1.29, 1.82) is 0 Å². The maximum atomic E-state index is 4.76. The molecule has 0 saturated carbocycles. The highest BCUT2D eigenvalue weighted by molar-refractivity contribution is 7.19. The summed E-state index contributed by atoms with van der Waals surface area (Å²) in [7, 11) is 0. The van der Waals surface area contributed by atoms with Gasteiger partial charge in [0.15, 0.2) is 0 Å². The molecule has 0 bridgehead atoms. The fourth-order valence-corrected chi connectivity index (χ4v) is 3.88. The molecule has 0 N–H and O–H groups in total. The molecule has 0 aliphatic heterocycles. The van der Waals surface area contributed by atoms with E-state index in [4.69, 9.17) is 5.10 Å². The van der Waals surface area contributed by atoms with E-state index in [1.165, 1.54) is 16.9 Å². The molecule has 0 fully saturated rings. The van der Waals surface area contributed by atoms with E-state index < -0.39 is 0 Å². The van der Waals surface area contributed by atoms with E-state index in [1.54, 1.807) is 0 Å². The summed E-state index contributed by atoms with van der Waals surface area (Å²) in [4.78, 5) is 5.38. The molecule has 4 heterocycles. The lowest BCUT2D eigenvalue weighted by atomic mass is 10.1. The van der Waals surface area contributed by atoms with Crippen molar-refractivity contribution in [2.24, 2.45) is 0 Å². The summed E-state index contributed by atoms with van der Waals surface area (Å²) in [5.74, 6) is 0.710. The van der Waals surface area contributed by atoms with Gasteiger partial charge in [-0.2, -0.15) is 9.61 Å². The van der Waals surface area contributed by atoms with E-state index in [1.807, 2.05) is 46.3 Å². The predicted molar refractivity (Wildman–Crippen MR) is 97.8 cm³/mol. The predicted octanol–water partition coefficient (Wildman–Crippen LogP) is 3.78. The highest BCUT2D eigenvalue weighted by Crippen LogP contribution is 2.29. The van der Waals surface area contributed by atoms with Crippen molar-refractivity contribution in [2.45, 2.75) is 13.8 Å². The Hall–Kier alpha value is -3.06.